The number of nitrogens with two attached hydrogens (primary N) is 2. The van der Waals surface area contributed by atoms with Gasteiger partial charge in [-0.25, -0.2) is 0 Å². The second-order valence-electron chi connectivity index (χ2n) is 7.68. The van der Waals surface area contributed by atoms with Crippen molar-refractivity contribution in [2.45, 2.75) is 40.0 Å². The minimum Gasteiger partial charge on any atom is -0.352 e. The van der Waals surface area contributed by atoms with Crippen LogP contribution in [-0.4, -0.2) is 50.2 Å². The average molecular weight is 497 g/mol. The maximum atomic E-state index is 12.1. The van der Waals surface area contributed by atoms with E-state index in [1.807, 2.05) is 57.3 Å². The highest BCUT2D eigenvalue weighted by atomic mass is 16.1. The number of hydrogen-bond acceptors (Lipinski definition) is 6. The van der Waals surface area contributed by atoms with Crippen molar-refractivity contribution in [2.24, 2.45) is 16.5 Å². The summed E-state index contributed by atoms with van der Waals surface area (Å²) in [7, 11) is 1.71. The number of carbonyl (C=O) groups excluding carboxylic acids is 2. The van der Waals surface area contributed by atoms with Crippen LogP contribution in [0, 0.1) is 0 Å². The average Bonchev–Trinajstić information content (AvgIpc) is 2.90. The van der Waals surface area contributed by atoms with E-state index in [1.165, 1.54) is 5.56 Å². The molecule has 1 amide bonds. The topological polar surface area (TPSA) is 135 Å². The predicted octanol–water partition coefficient (Wildman–Crippen LogP) is 3.65. The first-order chi connectivity index (χ1) is 17.3. The van der Waals surface area contributed by atoms with Crippen LogP contribution in [0.4, 0.5) is 0 Å². The molecule has 0 aromatic carbocycles. The molecule has 0 atom stereocenters. The molecule has 36 heavy (non-hydrogen) atoms. The van der Waals surface area contributed by atoms with Crippen LogP contribution in [0.3, 0.4) is 0 Å². The lowest BCUT2D eigenvalue weighted by atomic mass is 9.98. The van der Waals surface area contributed by atoms with E-state index in [9.17, 15) is 4.79 Å². The molecule has 1 heterocycles. The van der Waals surface area contributed by atoms with E-state index in [4.69, 9.17) is 16.3 Å². The van der Waals surface area contributed by atoms with Crippen LogP contribution < -0.4 is 22.1 Å². The number of nitrogens with zero attached hydrogens (tertiary/aromatic N) is 2. The lowest BCUT2D eigenvalue weighted by Gasteiger charge is -2.10. The molecule has 8 nitrogen and oxygen atoms in total. The Morgan fingerprint density at radius 3 is 2.44 bits per heavy atom. The molecule has 0 saturated carbocycles. The van der Waals surface area contributed by atoms with Gasteiger partial charge in [0.2, 0.25) is 5.91 Å². The normalized spacial score (nSPS) is 12.1. The molecule has 0 spiro atoms. The molecule has 0 saturated heterocycles. The second kappa shape index (κ2) is 23.1. The Bertz CT molecular complexity index is 912. The zero-order chi connectivity index (χ0) is 27.8. The van der Waals surface area contributed by atoms with Crippen LogP contribution in [0.25, 0.3) is 6.08 Å². The fourth-order valence-electron chi connectivity index (χ4n) is 2.71. The highest BCUT2D eigenvalue weighted by molar-refractivity contribution is 6.01. The highest BCUT2D eigenvalue weighted by Crippen LogP contribution is 2.20. The van der Waals surface area contributed by atoms with Crippen molar-refractivity contribution in [1.29, 1.82) is 0 Å². The maximum absolute atomic E-state index is 12.1. The number of carbonyl (C=O) groups is 2. The largest absolute Gasteiger partial charge is 0.352 e. The molecule has 6 N–H and O–H groups in total. The first-order valence-corrected chi connectivity index (χ1v) is 11.7. The quantitative estimate of drug-likeness (QED) is 0.210. The van der Waals surface area contributed by atoms with E-state index in [0.717, 1.165) is 16.7 Å². The lowest BCUT2D eigenvalue weighted by molar-refractivity contribution is -0.120. The molecule has 0 unspecified atom stereocenters. The fourth-order valence-corrected chi connectivity index (χ4v) is 2.71. The van der Waals surface area contributed by atoms with Gasteiger partial charge in [-0.1, -0.05) is 62.5 Å². The van der Waals surface area contributed by atoms with Crippen LogP contribution >= 0.6 is 0 Å². The summed E-state index contributed by atoms with van der Waals surface area (Å²) in [5, 5.41) is 6.04. The first-order valence-electron chi connectivity index (χ1n) is 11.7. The van der Waals surface area contributed by atoms with E-state index >= 15 is 0 Å². The van der Waals surface area contributed by atoms with E-state index in [2.05, 4.69) is 47.1 Å². The van der Waals surface area contributed by atoms with Gasteiger partial charge in [-0.05, 0) is 43.2 Å². The fraction of sp³-hybridized carbons (Fsp3) is 0.357. The molecule has 1 rings (SSSR count). The van der Waals surface area contributed by atoms with Gasteiger partial charge in [0.25, 0.3) is 0 Å². The standard InChI is InChI=1S/C25H34N4O.C2H8N2.CH2O/c1-7-9-11-21(8-2)25(26-6)28-14-10-12-24(30)29-17-20(5)16-22-18-27-15-13-23(22)19(3)4;3-1-2-4;1-2/h7-11,13-16,18-19H,2,12,17H2,1,3-6H3,(H,26,28)(H,29,30);1-4H2;1H2/b9-7-,14-10-,20-16+,21-11+;;. The third-order valence-corrected chi connectivity index (χ3v) is 4.47. The Morgan fingerprint density at radius 2 is 1.92 bits per heavy atom. The Morgan fingerprint density at radius 1 is 1.25 bits per heavy atom. The summed E-state index contributed by atoms with van der Waals surface area (Å²) in [6.45, 7) is 15.8. The number of allylic oxidation sites excluding steroid dienone is 3. The van der Waals surface area contributed by atoms with Crippen molar-refractivity contribution in [3.05, 3.63) is 83.9 Å². The van der Waals surface area contributed by atoms with Crippen LogP contribution in [-0.2, 0) is 9.59 Å². The van der Waals surface area contributed by atoms with E-state index in [1.54, 1.807) is 25.4 Å². The molecule has 1 aromatic heterocycles. The van der Waals surface area contributed by atoms with Gasteiger partial charge in [0.15, 0.2) is 0 Å². The summed E-state index contributed by atoms with van der Waals surface area (Å²) in [5.74, 6) is 1.07. The predicted molar refractivity (Wildman–Crippen MR) is 154 cm³/mol. The molecule has 0 aliphatic carbocycles. The number of aliphatic imine (C=N–C) groups is 1. The van der Waals surface area contributed by atoms with Gasteiger partial charge < -0.3 is 26.9 Å². The Kier molecular flexibility index (Phi) is 22.2. The van der Waals surface area contributed by atoms with Gasteiger partial charge >= 0.3 is 0 Å². The van der Waals surface area contributed by atoms with E-state index in [0.29, 0.717) is 31.4 Å². The number of pyridine rings is 1. The molecule has 0 radical (unpaired) electrons. The van der Waals surface area contributed by atoms with Gasteiger partial charge in [0.1, 0.15) is 12.6 Å². The minimum atomic E-state index is -0.0422. The number of rotatable bonds is 11. The van der Waals surface area contributed by atoms with E-state index in [-0.39, 0.29) is 12.3 Å². The second-order valence-corrected chi connectivity index (χ2v) is 7.68. The maximum Gasteiger partial charge on any atom is 0.224 e. The summed E-state index contributed by atoms with van der Waals surface area (Å²) in [6.07, 6.45) is 17.1. The minimum absolute atomic E-state index is 0.0422. The number of amides is 1. The van der Waals surface area contributed by atoms with Crippen LogP contribution in [0.1, 0.15) is 51.2 Å². The van der Waals surface area contributed by atoms with Crippen LogP contribution in [0.2, 0.25) is 0 Å². The number of nitrogens with one attached hydrogen (secondary N) is 2. The van der Waals surface area contributed by atoms with Crippen molar-refractivity contribution < 1.29 is 9.59 Å². The van der Waals surface area contributed by atoms with Gasteiger partial charge in [0, 0.05) is 51.1 Å². The summed E-state index contributed by atoms with van der Waals surface area (Å²) in [6, 6.07) is 2.04. The number of aromatic nitrogens is 1. The SMILES string of the molecule is C=C/C(=C\C=C/C)C(=NC)N/C=C\CC(=O)NC/C(C)=C/c1cnccc1C(C)C.C=O.NCCN. The summed E-state index contributed by atoms with van der Waals surface area (Å²) in [5.41, 5.74) is 14.1. The smallest absolute Gasteiger partial charge is 0.224 e. The molecule has 0 bridgehead atoms. The molecule has 1 aromatic rings. The van der Waals surface area contributed by atoms with Crippen molar-refractivity contribution in [1.82, 2.24) is 15.6 Å². The van der Waals surface area contributed by atoms with Crippen molar-refractivity contribution in [2.75, 3.05) is 26.7 Å². The summed E-state index contributed by atoms with van der Waals surface area (Å²) < 4.78 is 0. The monoisotopic (exact) mass is 496 g/mol. The third kappa shape index (κ3) is 16.1. The molecular formula is C28H44N6O2. The Labute approximate surface area is 217 Å². The molecular weight excluding hydrogens is 452 g/mol. The van der Waals surface area contributed by atoms with Crippen molar-refractivity contribution >= 4 is 24.6 Å². The highest BCUT2D eigenvalue weighted by Gasteiger charge is 2.05. The van der Waals surface area contributed by atoms with E-state index < -0.39 is 0 Å². The molecule has 0 aliphatic rings. The van der Waals surface area contributed by atoms with Gasteiger partial charge in [-0.15, -0.1) is 0 Å². The van der Waals surface area contributed by atoms with Crippen molar-refractivity contribution in [3.63, 3.8) is 0 Å². The first kappa shape index (κ1) is 34.5. The van der Waals surface area contributed by atoms with Crippen LogP contribution in [0.5, 0.6) is 0 Å². The van der Waals surface area contributed by atoms with Gasteiger partial charge in [0.05, 0.1) is 0 Å². The van der Waals surface area contributed by atoms with Crippen LogP contribution in [0.15, 0.2) is 77.8 Å². The van der Waals surface area contributed by atoms with Crippen molar-refractivity contribution in [3.8, 4) is 0 Å². The zero-order valence-corrected chi connectivity index (χ0v) is 22.5. The lowest BCUT2D eigenvalue weighted by Crippen LogP contribution is -2.24. The van der Waals surface area contributed by atoms with Gasteiger partial charge in [-0.3, -0.25) is 14.8 Å². The Hall–Kier alpha value is -3.62. The summed E-state index contributed by atoms with van der Waals surface area (Å²) >= 11 is 0. The molecule has 8 heteroatoms. The number of hydrogen-bond donors (Lipinski definition) is 4. The molecule has 198 valence electrons. The Balaban J connectivity index is 0. The molecule has 0 aliphatic heterocycles. The zero-order valence-electron chi connectivity index (χ0n) is 22.5. The summed E-state index contributed by atoms with van der Waals surface area (Å²) in [4.78, 5) is 28.5. The van der Waals surface area contributed by atoms with Gasteiger partial charge in [-0.2, -0.15) is 0 Å². The molecule has 0 fully saturated rings. The third-order valence-electron chi connectivity index (χ3n) is 4.47. The number of amidine groups is 1.